The summed E-state index contributed by atoms with van der Waals surface area (Å²) < 4.78 is 82.2. The number of carbonyl (C=O) groups excluding carboxylic acids is 1. The van der Waals surface area contributed by atoms with Crippen molar-refractivity contribution in [2.45, 2.75) is 11.1 Å². The first kappa shape index (κ1) is 21.6. The number of alkyl halides is 3. The minimum absolute atomic E-state index is 0.00950. The summed E-state index contributed by atoms with van der Waals surface area (Å²) in [6, 6.07) is 8.54. The second kappa shape index (κ2) is 9.02. The van der Waals surface area contributed by atoms with Crippen molar-refractivity contribution >= 4 is 15.9 Å². The monoisotopic (exact) mass is 420 g/mol. The molecule has 0 aromatic heterocycles. The van der Waals surface area contributed by atoms with Gasteiger partial charge in [0.2, 0.25) is 15.9 Å². The summed E-state index contributed by atoms with van der Waals surface area (Å²) >= 11 is 0. The number of hydrogen-bond donors (Lipinski definition) is 2. The minimum Gasteiger partial charge on any atom is -0.492 e. The topological polar surface area (TPSA) is 84.5 Å². The van der Waals surface area contributed by atoms with Crippen LogP contribution in [0, 0.1) is 5.82 Å². The van der Waals surface area contributed by atoms with E-state index in [-0.39, 0.29) is 18.9 Å². The maximum atomic E-state index is 13.0. The van der Waals surface area contributed by atoms with Crippen molar-refractivity contribution in [3.8, 4) is 5.75 Å². The van der Waals surface area contributed by atoms with Gasteiger partial charge in [-0.25, -0.2) is 17.5 Å². The van der Waals surface area contributed by atoms with Crippen LogP contribution in [0.15, 0.2) is 53.4 Å². The van der Waals surface area contributed by atoms with Crippen LogP contribution in [0.25, 0.3) is 0 Å². The van der Waals surface area contributed by atoms with Gasteiger partial charge < -0.3 is 10.1 Å². The van der Waals surface area contributed by atoms with E-state index in [2.05, 4.69) is 5.32 Å². The van der Waals surface area contributed by atoms with Crippen LogP contribution in [0.1, 0.15) is 5.56 Å². The van der Waals surface area contributed by atoms with E-state index in [0.717, 1.165) is 24.3 Å². The summed E-state index contributed by atoms with van der Waals surface area (Å²) in [5.41, 5.74) is -1.12. The van der Waals surface area contributed by atoms with E-state index in [0.29, 0.717) is 6.07 Å². The van der Waals surface area contributed by atoms with Crippen molar-refractivity contribution in [1.82, 2.24) is 10.0 Å². The van der Waals surface area contributed by atoms with E-state index in [4.69, 9.17) is 4.74 Å². The number of carbonyl (C=O) groups is 1. The molecule has 0 atom stereocenters. The molecule has 0 bridgehead atoms. The fourth-order valence-corrected chi connectivity index (χ4v) is 3.09. The molecule has 2 aromatic rings. The molecular weight excluding hydrogens is 404 g/mol. The maximum absolute atomic E-state index is 13.0. The van der Waals surface area contributed by atoms with E-state index in [1.165, 1.54) is 18.2 Å². The first-order chi connectivity index (χ1) is 13.1. The summed E-state index contributed by atoms with van der Waals surface area (Å²) in [7, 11) is -4.30. The standard InChI is InChI=1S/C17H16F4N2O4S/c18-13-4-2-5-14(10-13)27-8-7-22-16(24)11-23-28(25,26)15-6-1-3-12(9-15)17(19,20)21/h1-6,9-10,23H,7-8,11H2,(H,22,24). The van der Waals surface area contributed by atoms with Gasteiger partial charge in [0.05, 0.1) is 23.5 Å². The van der Waals surface area contributed by atoms with Crippen molar-refractivity contribution < 1.29 is 35.5 Å². The van der Waals surface area contributed by atoms with Gasteiger partial charge in [-0.1, -0.05) is 12.1 Å². The average Bonchev–Trinajstić information content (AvgIpc) is 2.63. The van der Waals surface area contributed by atoms with Gasteiger partial charge in [0.25, 0.3) is 0 Å². The zero-order chi connectivity index (χ0) is 20.8. The Balaban J connectivity index is 1.81. The second-order valence-corrected chi connectivity index (χ2v) is 7.27. The van der Waals surface area contributed by atoms with Crippen molar-refractivity contribution in [3.05, 3.63) is 59.9 Å². The number of benzene rings is 2. The Morgan fingerprint density at radius 3 is 2.46 bits per heavy atom. The van der Waals surface area contributed by atoms with Crippen LogP contribution in [-0.4, -0.2) is 34.0 Å². The quantitative estimate of drug-likeness (QED) is 0.507. The Morgan fingerprint density at radius 2 is 1.79 bits per heavy atom. The van der Waals surface area contributed by atoms with Crippen molar-refractivity contribution in [2.75, 3.05) is 19.7 Å². The minimum atomic E-state index is -4.69. The highest BCUT2D eigenvalue weighted by atomic mass is 32.2. The molecule has 0 radical (unpaired) electrons. The molecule has 0 aliphatic rings. The van der Waals surface area contributed by atoms with Gasteiger partial charge in [0.15, 0.2) is 0 Å². The number of ether oxygens (including phenoxy) is 1. The van der Waals surface area contributed by atoms with Gasteiger partial charge in [-0.15, -0.1) is 0 Å². The van der Waals surface area contributed by atoms with E-state index < -0.39 is 44.9 Å². The predicted octanol–water partition coefficient (Wildman–Crippen LogP) is 2.32. The number of halogens is 4. The second-order valence-electron chi connectivity index (χ2n) is 5.51. The molecule has 2 rings (SSSR count). The predicted molar refractivity (Wildman–Crippen MR) is 91.5 cm³/mol. The number of hydrogen-bond acceptors (Lipinski definition) is 4. The maximum Gasteiger partial charge on any atom is 0.416 e. The van der Waals surface area contributed by atoms with Gasteiger partial charge >= 0.3 is 6.18 Å². The summed E-state index contributed by atoms with van der Waals surface area (Å²) in [6.45, 7) is -0.644. The van der Waals surface area contributed by atoms with E-state index in [1.807, 2.05) is 4.72 Å². The molecule has 0 fully saturated rings. The summed E-state index contributed by atoms with van der Waals surface area (Å²) in [5.74, 6) is -0.927. The van der Waals surface area contributed by atoms with Crippen LogP contribution in [0.5, 0.6) is 5.75 Å². The van der Waals surface area contributed by atoms with Crippen LogP contribution >= 0.6 is 0 Å². The molecule has 0 saturated heterocycles. The highest BCUT2D eigenvalue weighted by Crippen LogP contribution is 2.30. The molecule has 0 unspecified atom stereocenters. The van der Waals surface area contributed by atoms with Crippen LogP contribution in [0.4, 0.5) is 17.6 Å². The summed E-state index contributed by atoms with van der Waals surface area (Å²) in [4.78, 5) is 11.1. The average molecular weight is 420 g/mol. The van der Waals surface area contributed by atoms with E-state index in [1.54, 1.807) is 0 Å². The number of sulfonamides is 1. The molecule has 0 spiro atoms. The molecule has 0 aliphatic carbocycles. The molecule has 2 aromatic carbocycles. The van der Waals surface area contributed by atoms with Gasteiger partial charge in [0, 0.05) is 6.07 Å². The lowest BCUT2D eigenvalue weighted by Gasteiger charge is -2.11. The summed E-state index contributed by atoms with van der Waals surface area (Å²) in [6.07, 6.45) is -4.69. The Morgan fingerprint density at radius 1 is 1.07 bits per heavy atom. The van der Waals surface area contributed by atoms with Gasteiger partial charge in [-0.2, -0.15) is 13.2 Å². The molecule has 6 nitrogen and oxygen atoms in total. The first-order valence-electron chi connectivity index (χ1n) is 7.90. The molecule has 152 valence electrons. The smallest absolute Gasteiger partial charge is 0.416 e. The Hall–Kier alpha value is -2.66. The van der Waals surface area contributed by atoms with Crippen molar-refractivity contribution in [2.24, 2.45) is 0 Å². The third-order valence-electron chi connectivity index (χ3n) is 3.38. The normalized spacial score (nSPS) is 11.9. The number of amides is 1. The molecule has 28 heavy (non-hydrogen) atoms. The lowest BCUT2D eigenvalue weighted by atomic mass is 10.2. The fraction of sp³-hybridized carbons (Fsp3) is 0.235. The van der Waals surface area contributed by atoms with E-state index in [9.17, 15) is 30.8 Å². The van der Waals surface area contributed by atoms with Crippen molar-refractivity contribution in [3.63, 3.8) is 0 Å². The Labute approximate surface area is 158 Å². The molecular formula is C17H16F4N2O4S. The van der Waals surface area contributed by atoms with E-state index >= 15 is 0 Å². The van der Waals surface area contributed by atoms with Gasteiger partial charge in [-0.3, -0.25) is 4.79 Å². The number of rotatable bonds is 8. The third kappa shape index (κ3) is 6.50. The van der Waals surface area contributed by atoms with Crippen LogP contribution < -0.4 is 14.8 Å². The molecule has 2 N–H and O–H groups in total. The molecule has 1 amide bonds. The van der Waals surface area contributed by atoms with Crippen LogP contribution in [0.2, 0.25) is 0 Å². The number of nitrogens with one attached hydrogen (secondary N) is 2. The highest BCUT2D eigenvalue weighted by Gasteiger charge is 2.31. The van der Waals surface area contributed by atoms with Gasteiger partial charge in [-0.05, 0) is 30.3 Å². The zero-order valence-electron chi connectivity index (χ0n) is 14.3. The molecule has 0 aliphatic heterocycles. The SMILES string of the molecule is O=C(CNS(=O)(=O)c1cccc(C(F)(F)F)c1)NCCOc1cccc(F)c1. The van der Waals surface area contributed by atoms with Crippen LogP contribution in [-0.2, 0) is 21.0 Å². The summed E-state index contributed by atoms with van der Waals surface area (Å²) in [5, 5.41) is 2.36. The Kier molecular flexibility index (Phi) is 6.97. The lowest BCUT2D eigenvalue weighted by Crippen LogP contribution is -2.38. The third-order valence-corrected chi connectivity index (χ3v) is 4.78. The van der Waals surface area contributed by atoms with Crippen molar-refractivity contribution in [1.29, 1.82) is 0 Å². The molecule has 0 saturated carbocycles. The van der Waals surface area contributed by atoms with Crippen LogP contribution in [0.3, 0.4) is 0 Å². The highest BCUT2D eigenvalue weighted by molar-refractivity contribution is 7.89. The fourth-order valence-electron chi connectivity index (χ4n) is 2.06. The lowest BCUT2D eigenvalue weighted by molar-refractivity contribution is -0.137. The first-order valence-corrected chi connectivity index (χ1v) is 9.38. The Bertz CT molecular complexity index is 933. The molecule has 0 heterocycles. The zero-order valence-corrected chi connectivity index (χ0v) is 15.1. The largest absolute Gasteiger partial charge is 0.492 e. The van der Waals surface area contributed by atoms with Gasteiger partial charge in [0.1, 0.15) is 18.2 Å². The molecule has 11 heteroatoms.